The lowest BCUT2D eigenvalue weighted by atomic mass is 10.2. The predicted octanol–water partition coefficient (Wildman–Crippen LogP) is 2.56. The number of aromatic amines is 1. The number of nitrogens with zero attached hydrogens (tertiary/aromatic N) is 4. The van der Waals surface area contributed by atoms with Gasteiger partial charge >= 0.3 is 0 Å². The van der Waals surface area contributed by atoms with Crippen molar-refractivity contribution >= 4 is 40.3 Å². The standard InChI is InChI=1S/C22H26N6O3S/c1-15-13-18(26-25-15)24-19(29)14-32-22-23-17-8-3-2-7-16(17)21(31)28(22)12-6-9-20(30)27-10-4-5-11-27/h2-3,7-8,13H,4-6,9-12,14H2,1H3,(H2,24,25,26,29). The fraction of sp³-hybridized carbons (Fsp3) is 0.409. The minimum atomic E-state index is -0.236. The molecule has 0 saturated carbocycles. The molecule has 2 amide bonds. The Bertz CT molecular complexity index is 1180. The van der Waals surface area contributed by atoms with E-state index in [1.54, 1.807) is 28.8 Å². The minimum Gasteiger partial charge on any atom is -0.343 e. The van der Waals surface area contributed by atoms with Crippen LogP contribution in [-0.4, -0.2) is 55.3 Å². The van der Waals surface area contributed by atoms with E-state index in [1.165, 1.54) is 11.8 Å². The van der Waals surface area contributed by atoms with Crippen molar-refractivity contribution in [1.29, 1.82) is 0 Å². The monoisotopic (exact) mass is 454 g/mol. The zero-order chi connectivity index (χ0) is 22.5. The molecule has 10 heteroatoms. The summed E-state index contributed by atoms with van der Waals surface area (Å²) in [7, 11) is 0. The van der Waals surface area contributed by atoms with Gasteiger partial charge in [0.15, 0.2) is 11.0 Å². The molecule has 1 aliphatic heterocycles. The first-order valence-electron chi connectivity index (χ1n) is 10.7. The molecular formula is C22H26N6O3S. The third-order valence-corrected chi connectivity index (χ3v) is 6.34. The van der Waals surface area contributed by atoms with Crippen molar-refractivity contribution in [3.63, 3.8) is 0 Å². The van der Waals surface area contributed by atoms with E-state index in [1.807, 2.05) is 17.9 Å². The van der Waals surface area contributed by atoms with E-state index in [4.69, 9.17) is 0 Å². The van der Waals surface area contributed by atoms with Crippen molar-refractivity contribution in [2.24, 2.45) is 0 Å². The number of carbonyl (C=O) groups is 2. The van der Waals surface area contributed by atoms with Crippen LogP contribution in [0.2, 0.25) is 0 Å². The first-order valence-corrected chi connectivity index (χ1v) is 11.7. The molecule has 0 bridgehead atoms. The van der Waals surface area contributed by atoms with Gasteiger partial charge in [0, 0.05) is 37.8 Å². The Morgan fingerprint density at radius 1 is 1.22 bits per heavy atom. The summed E-state index contributed by atoms with van der Waals surface area (Å²) < 4.78 is 1.58. The number of fused-ring (bicyclic) bond motifs is 1. The number of likely N-dealkylation sites (tertiary alicyclic amines) is 1. The van der Waals surface area contributed by atoms with E-state index >= 15 is 0 Å². The summed E-state index contributed by atoms with van der Waals surface area (Å²) in [5.74, 6) is 0.438. The molecule has 1 fully saturated rings. The van der Waals surface area contributed by atoms with Gasteiger partial charge in [0.1, 0.15) is 0 Å². The number of nitrogens with one attached hydrogen (secondary N) is 2. The second kappa shape index (κ2) is 9.99. The van der Waals surface area contributed by atoms with Crippen LogP contribution in [-0.2, 0) is 16.1 Å². The molecule has 0 unspecified atom stereocenters. The summed E-state index contributed by atoms with van der Waals surface area (Å²) in [6.45, 7) is 3.87. The fourth-order valence-corrected chi connectivity index (χ4v) is 4.58. The highest BCUT2D eigenvalue weighted by atomic mass is 32.2. The Morgan fingerprint density at radius 2 is 2.00 bits per heavy atom. The Balaban J connectivity index is 1.47. The van der Waals surface area contributed by atoms with Gasteiger partial charge in [0.05, 0.1) is 16.7 Å². The molecule has 1 saturated heterocycles. The van der Waals surface area contributed by atoms with Crippen LogP contribution in [0.5, 0.6) is 0 Å². The largest absolute Gasteiger partial charge is 0.343 e. The van der Waals surface area contributed by atoms with E-state index in [0.29, 0.717) is 41.3 Å². The molecule has 0 aliphatic carbocycles. The lowest BCUT2D eigenvalue weighted by molar-refractivity contribution is -0.130. The Morgan fingerprint density at radius 3 is 2.75 bits per heavy atom. The number of benzene rings is 1. The zero-order valence-corrected chi connectivity index (χ0v) is 18.8. The van der Waals surface area contributed by atoms with E-state index in [2.05, 4.69) is 20.5 Å². The van der Waals surface area contributed by atoms with Gasteiger partial charge in [-0.1, -0.05) is 23.9 Å². The SMILES string of the molecule is Cc1cc(NC(=O)CSc2nc3ccccc3c(=O)n2CCCC(=O)N2CCCC2)n[nH]1. The van der Waals surface area contributed by atoms with Crippen molar-refractivity contribution in [1.82, 2.24) is 24.6 Å². The number of H-pyrrole nitrogens is 1. The quantitative estimate of drug-likeness (QED) is 0.400. The fourth-order valence-electron chi connectivity index (χ4n) is 3.76. The first kappa shape index (κ1) is 22.1. The lowest BCUT2D eigenvalue weighted by Gasteiger charge is -2.16. The summed E-state index contributed by atoms with van der Waals surface area (Å²) in [6, 6.07) is 8.91. The molecule has 1 aliphatic rings. The summed E-state index contributed by atoms with van der Waals surface area (Å²) >= 11 is 1.20. The minimum absolute atomic E-state index is 0.0867. The highest BCUT2D eigenvalue weighted by Crippen LogP contribution is 2.19. The van der Waals surface area contributed by atoms with Crippen LogP contribution in [0.1, 0.15) is 31.4 Å². The average Bonchev–Trinajstić information content (AvgIpc) is 3.46. The van der Waals surface area contributed by atoms with Crippen molar-refractivity contribution in [3.8, 4) is 0 Å². The molecule has 2 N–H and O–H groups in total. The van der Waals surface area contributed by atoms with Crippen molar-refractivity contribution in [2.75, 3.05) is 24.2 Å². The molecule has 0 radical (unpaired) electrons. The van der Waals surface area contributed by atoms with Crippen molar-refractivity contribution in [2.45, 2.75) is 44.3 Å². The molecule has 9 nitrogen and oxygen atoms in total. The van der Waals surface area contributed by atoms with Gasteiger partial charge in [-0.05, 0) is 38.3 Å². The molecule has 0 atom stereocenters. The maximum absolute atomic E-state index is 13.1. The van der Waals surface area contributed by atoms with Gasteiger partial charge < -0.3 is 10.2 Å². The number of aryl methyl sites for hydroxylation is 1. The van der Waals surface area contributed by atoms with Crippen LogP contribution < -0.4 is 10.9 Å². The van der Waals surface area contributed by atoms with Gasteiger partial charge in [-0.15, -0.1) is 0 Å². The smallest absolute Gasteiger partial charge is 0.262 e. The van der Waals surface area contributed by atoms with Gasteiger partial charge in [0.25, 0.3) is 5.56 Å². The van der Waals surface area contributed by atoms with Gasteiger partial charge in [-0.3, -0.25) is 24.0 Å². The molecule has 168 valence electrons. The number of hydrogen-bond donors (Lipinski definition) is 2. The van der Waals surface area contributed by atoms with E-state index in [0.717, 1.165) is 31.6 Å². The average molecular weight is 455 g/mol. The normalized spacial score (nSPS) is 13.6. The molecule has 32 heavy (non-hydrogen) atoms. The molecule has 0 spiro atoms. The molecular weight excluding hydrogens is 428 g/mol. The number of rotatable bonds is 8. The van der Waals surface area contributed by atoms with Crippen LogP contribution in [0.25, 0.3) is 10.9 Å². The third-order valence-electron chi connectivity index (χ3n) is 5.36. The van der Waals surface area contributed by atoms with E-state index in [-0.39, 0.29) is 23.1 Å². The Hall–Kier alpha value is -3.14. The van der Waals surface area contributed by atoms with Gasteiger partial charge in [-0.2, -0.15) is 5.10 Å². The van der Waals surface area contributed by atoms with Crippen LogP contribution in [0.3, 0.4) is 0 Å². The topological polar surface area (TPSA) is 113 Å². The maximum atomic E-state index is 13.1. The maximum Gasteiger partial charge on any atom is 0.262 e. The van der Waals surface area contributed by atoms with Crippen molar-refractivity contribution in [3.05, 3.63) is 46.4 Å². The van der Waals surface area contributed by atoms with Crippen LogP contribution in [0, 0.1) is 6.92 Å². The number of anilines is 1. The second-order valence-corrected chi connectivity index (χ2v) is 8.78. The summed E-state index contributed by atoms with van der Waals surface area (Å²) in [6.07, 6.45) is 3.05. The second-order valence-electron chi connectivity index (χ2n) is 7.83. The molecule has 3 heterocycles. The zero-order valence-electron chi connectivity index (χ0n) is 18.0. The third kappa shape index (κ3) is 5.18. The number of thioether (sulfide) groups is 1. The van der Waals surface area contributed by atoms with E-state index in [9.17, 15) is 14.4 Å². The number of hydrogen-bond acceptors (Lipinski definition) is 6. The molecule has 1 aromatic carbocycles. The van der Waals surface area contributed by atoms with Crippen LogP contribution in [0.15, 0.2) is 40.3 Å². The summed E-state index contributed by atoms with van der Waals surface area (Å²) in [5.41, 5.74) is 1.28. The van der Waals surface area contributed by atoms with Gasteiger partial charge in [-0.25, -0.2) is 4.98 Å². The summed E-state index contributed by atoms with van der Waals surface area (Å²) in [5, 5.41) is 10.5. The van der Waals surface area contributed by atoms with Crippen LogP contribution in [0.4, 0.5) is 5.82 Å². The highest BCUT2D eigenvalue weighted by Gasteiger charge is 2.18. The molecule has 4 rings (SSSR count). The Kier molecular flexibility index (Phi) is 6.89. The lowest BCUT2D eigenvalue weighted by Crippen LogP contribution is -2.29. The molecule has 3 aromatic rings. The number of para-hydroxylation sites is 1. The van der Waals surface area contributed by atoms with Crippen LogP contribution >= 0.6 is 11.8 Å². The number of aromatic nitrogens is 4. The number of amides is 2. The Labute approximate surface area is 189 Å². The summed E-state index contributed by atoms with van der Waals surface area (Å²) in [4.78, 5) is 44.3. The predicted molar refractivity (Wildman–Crippen MR) is 124 cm³/mol. The van der Waals surface area contributed by atoms with Crippen molar-refractivity contribution < 1.29 is 9.59 Å². The van der Waals surface area contributed by atoms with E-state index < -0.39 is 0 Å². The first-order chi connectivity index (χ1) is 15.5. The van der Waals surface area contributed by atoms with Gasteiger partial charge in [0.2, 0.25) is 11.8 Å². The number of carbonyl (C=O) groups excluding carboxylic acids is 2. The molecule has 2 aromatic heterocycles. The highest BCUT2D eigenvalue weighted by molar-refractivity contribution is 7.99.